The minimum absolute atomic E-state index is 0.00204. The van der Waals surface area contributed by atoms with E-state index in [0.29, 0.717) is 12.2 Å². The van der Waals surface area contributed by atoms with Crippen molar-refractivity contribution in [1.82, 2.24) is 5.32 Å². The van der Waals surface area contributed by atoms with E-state index in [1.165, 1.54) is 24.3 Å². The zero-order chi connectivity index (χ0) is 15.3. The fourth-order valence-corrected chi connectivity index (χ4v) is 1.82. The second kappa shape index (κ2) is 6.33. The molecule has 0 aliphatic rings. The van der Waals surface area contributed by atoms with Gasteiger partial charge in [-0.25, -0.2) is 0 Å². The minimum Gasteiger partial charge on any atom is -0.491 e. The van der Waals surface area contributed by atoms with Gasteiger partial charge in [0.2, 0.25) is 5.91 Å². The molecule has 0 spiro atoms. The normalized spacial score (nSPS) is 15.2. The molecule has 0 saturated heterocycles. The molecule has 0 heterocycles. The van der Waals surface area contributed by atoms with E-state index in [4.69, 9.17) is 10.5 Å². The number of carbonyl (C=O) groups is 1. The van der Waals surface area contributed by atoms with E-state index in [9.17, 15) is 14.9 Å². The van der Waals surface area contributed by atoms with E-state index in [1.54, 1.807) is 20.9 Å². The van der Waals surface area contributed by atoms with Gasteiger partial charge in [0.1, 0.15) is 5.75 Å². The molecule has 2 atom stereocenters. The smallest absolute Gasteiger partial charge is 0.269 e. The minimum atomic E-state index is -0.861. The lowest BCUT2D eigenvalue weighted by atomic mass is 9.94. The first-order valence-corrected chi connectivity index (χ1v) is 6.18. The van der Waals surface area contributed by atoms with Crippen LogP contribution >= 0.6 is 0 Å². The highest BCUT2D eigenvalue weighted by atomic mass is 16.6. The van der Waals surface area contributed by atoms with Crippen molar-refractivity contribution in [3.63, 3.8) is 0 Å². The molecule has 110 valence electrons. The average Bonchev–Trinajstić information content (AvgIpc) is 2.38. The van der Waals surface area contributed by atoms with Crippen LogP contribution in [-0.2, 0) is 4.79 Å². The van der Waals surface area contributed by atoms with Crippen LogP contribution in [0.2, 0.25) is 0 Å². The van der Waals surface area contributed by atoms with Gasteiger partial charge < -0.3 is 15.8 Å². The third kappa shape index (κ3) is 3.92. The maximum Gasteiger partial charge on any atom is 0.269 e. The highest BCUT2D eigenvalue weighted by Gasteiger charge is 2.31. The zero-order valence-electron chi connectivity index (χ0n) is 11.8. The second-order valence-electron chi connectivity index (χ2n) is 4.83. The third-order valence-corrected chi connectivity index (χ3v) is 3.18. The Morgan fingerprint density at radius 3 is 2.45 bits per heavy atom. The SMILES string of the molecule is CNC(C)(CC(C)Oc1ccc([N+](=O)[O-])cc1)C(N)=O. The van der Waals surface area contributed by atoms with Crippen LogP contribution in [0.15, 0.2) is 24.3 Å². The molecule has 0 bridgehead atoms. The number of benzene rings is 1. The van der Waals surface area contributed by atoms with Crippen LogP contribution in [0.25, 0.3) is 0 Å². The summed E-state index contributed by atoms with van der Waals surface area (Å²) in [6, 6.07) is 5.78. The number of likely N-dealkylation sites (N-methyl/N-ethyl adjacent to an activating group) is 1. The van der Waals surface area contributed by atoms with Gasteiger partial charge in [-0.2, -0.15) is 0 Å². The molecule has 0 fully saturated rings. The number of amides is 1. The van der Waals surface area contributed by atoms with Crippen molar-refractivity contribution in [3.8, 4) is 5.75 Å². The lowest BCUT2D eigenvalue weighted by Crippen LogP contribution is -2.53. The zero-order valence-corrected chi connectivity index (χ0v) is 11.8. The van der Waals surface area contributed by atoms with Crippen LogP contribution in [-0.4, -0.2) is 29.5 Å². The highest BCUT2D eigenvalue weighted by molar-refractivity contribution is 5.84. The molecule has 0 aliphatic carbocycles. The van der Waals surface area contributed by atoms with Crippen molar-refractivity contribution in [2.24, 2.45) is 5.73 Å². The number of primary amides is 1. The highest BCUT2D eigenvalue weighted by Crippen LogP contribution is 2.21. The van der Waals surface area contributed by atoms with E-state index in [1.807, 2.05) is 0 Å². The van der Waals surface area contributed by atoms with Crippen LogP contribution in [0.5, 0.6) is 5.75 Å². The number of ether oxygens (including phenoxy) is 1. The Bertz CT molecular complexity index is 489. The van der Waals surface area contributed by atoms with E-state index in [2.05, 4.69) is 5.32 Å². The molecule has 1 rings (SSSR count). The van der Waals surface area contributed by atoms with Crippen LogP contribution in [0.4, 0.5) is 5.69 Å². The Hall–Kier alpha value is -2.15. The molecule has 1 amide bonds. The summed E-state index contributed by atoms with van der Waals surface area (Å²) in [5.41, 5.74) is 4.49. The van der Waals surface area contributed by atoms with E-state index in [0.717, 1.165) is 0 Å². The Morgan fingerprint density at radius 2 is 2.05 bits per heavy atom. The summed E-state index contributed by atoms with van der Waals surface area (Å²) in [5.74, 6) is 0.0465. The molecular formula is C13H19N3O4. The number of nitro groups is 1. The molecule has 2 unspecified atom stereocenters. The fourth-order valence-electron chi connectivity index (χ4n) is 1.82. The molecule has 7 heteroatoms. The van der Waals surface area contributed by atoms with Gasteiger partial charge in [0.15, 0.2) is 0 Å². The Morgan fingerprint density at radius 1 is 1.50 bits per heavy atom. The number of nitrogens with two attached hydrogens (primary N) is 1. The van der Waals surface area contributed by atoms with Crippen LogP contribution in [0, 0.1) is 10.1 Å². The number of nitro benzene ring substituents is 1. The van der Waals surface area contributed by atoms with Gasteiger partial charge in [-0.3, -0.25) is 14.9 Å². The molecule has 7 nitrogen and oxygen atoms in total. The van der Waals surface area contributed by atoms with Crippen molar-refractivity contribution in [2.75, 3.05) is 7.05 Å². The van der Waals surface area contributed by atoms with Crippen LogP contribution < -0.4 is 15.8 Å². The lowest BCUT2D eigenvalue weighted by molar-refractivity contribution is -0.384. The van der Waals surface area contributed by atoms with Crippen LogP contribution in [0.1, 0.15) is 20.3 Å². The summed E-state index contributed by atoms with van der Waals surface area (Å²) in [7, 11) is 1.66. The van der Waals surface area contributed by atoms with Crippen LogP contribution in [0.3, 0.4) is 0 Å². The number of rotatable bonds is 7. The predicted molar refractivity (Wildman–Crippen MR) is 74.5 cm³/mol. The van der Waals surface area contributed by atoms with E-state index < -0.39 is 16.4 Å². The monoisotopic (exact) mass is 281 g/mol. The Kier molecular flexibility index (Phi) is 5.04. The summed E-state index contributed by atoms with van der Waals surface area (Å²) in [4.78, 5) is 21.5. The van der Waals surface area contributed by atoms with Crippen molar-refractivity contribution in [1.29, 1.82) is 0 Å². The van der Waals surface area contributed by atoms with Gasteiger partial charge in [-0.15, -0.1) is 0 Å². The fraction of sp³-hybridized carbons (Fsp3) is 0.462. The summed E-state index contributed by atoms with van der Waals surface area (Å²) in [5, 5.41) is 13.4. The first-order valence-electron chi connectivity index (χ1n) is 6.18. The third-order valence-electron chi connectivity index (χ3n) is 3.18. The van der Waals surface area contributed by atoms with E-state index in [-0.39, 0.29) is 11.8 Å². The topological polar surface area (TPSA) is 107 Å². The standard InChI is InChI=1S/C13H19N3O4/c1-9(8-13(2,15-3)12(14)17)20-11-6-4-10(5-7-11)16(18)19/h4-7,9,15H,8H2,1-3H3,(H2,14,17). The van der Waals surface area contributed by atoms with Crippen molar-refractivity contribution >= 4 is 11.6 Å². The molecule has 3 N–H and O–H groups in total. The molecule has 0 saturated carbocycles. The molecule has 1 aromatic carbocycles. The summed E-state index contributed by atoms with van der Waals surface area (Å²) in [6.45, 7) is 3.50. The lowest BCUT2D eigenvalue weighted by Gasteiger charge is -2.28. The molecule has 20 heavy (non-hydrogen) atoms. The van der Waals surface area contributed by atoms with Gasteiger partial charge in [0, 0.05) is 18.6 Å². The molecule has 0 aliphatic heterocycles. The first-order chi connectivity index (χ1) is 9.28. The molecule has 0 aromatic heterocycles. The quantitative estimate of drug-likeness (QED) is 0.577. The van der Waals surface area contributed by atoms with Gasteiger partial charge in [0.25, 0.3) is 5.69 Å². The number of carbonyl (C=O) groups excluding carboxylic acids is 1. The number of nitrogens with zero attached hydrogens (tertiary/aromatic N) is 1. The van der Waals surface area contributed by atoms with E-state index >= 15 is 0 Å². The van der Waals surface area contributed by atoms with Gasteiger partial charge in [-0.05, 0) is 33.0 Å². The number of nitrogens with one attached hydrogen (secondary N) is 1. The average molecular weight is 281 g/mol. The summed E-state index contributed by atoms with van der Waals surface area (Å²) in [6.07, 6.45) is 0.108. The number of hydrogen-bond acceptors (Lipinski definition) is 5. The second-order valence-corrected chi connectivity index (χ2v) is 4.83. The van der Waals surface area contributed by atoms with Crippen molar-refractivity contribution < 1.29 is 14.5 Å². The molecule has 0 radical (unpaired) electrons. The van der Waals surface area contributed by atoms with Gasteiger partial charge in [-0.1, -0.05) is 0 Å². The summed E-state index contributed by atoms with van der Waals surface area (Å²) >= 11 is 0. The maximum atomic E-state index is 11.4. The maximum absolute atomic E-state index is 11.4. The molecular weight excluding hydrogens is 262 g/mol. The van der Waals surface area contributed by atoms with Crippen molar-refractivity contribution in [2.45, 2.75) is 31.9 Å². The predicted octanol–water partition coefficient (Wildman–Crippen LogP) is 1.22. The van der Waals surface area contributed by atoms with Crippen molar-refractivity contribution in [3.05, 3.63) is 34.4 Å². The largest absolute Gasteiger partial charge is 0.491 e. The Labute approximate surface area is 117 Å². The van der Waals surface area contributed by atoms with Gasteiger partial charge >= 0.3 is 0 Å². The summed E-state index contributed by atoms with van der Waals surface area (Å²) < 4.78 is 5.63. The number of hydrogen-bond donors (Lipinski definition) is 2. The molecule has 1 aromatic rings. The van der Waals surface area contributed by atoms with Gasteiger partial charge in [0.05, 0.1) is 16.6 Å². The Balaban J connectivity index is 2.68. The first kappa shape index (κ1) is 15.9. The number of non-ortho nitro benzene ring substituents is 1.